The van der Waals surface area contributed by atoms with Crippen LogP contribution in [0.5, 0.6) is 17.2 Å². The Morgan fingerprint density at radius 1 is 1.14 bits per heavy atom. The minimum absolute atomic E-state index is 0.202. The summed E-state index contributed by atoms with van der Waals surface area (Å²) >= 11 is 0. The van der Waals surface area contributed by atoms with E-state index in [-0.39, 0.29) is 17.7 Å². The van der Waals surface area contributed by atoms with Gasteiger partial charge in [-0.05, 0) is 38.1 Å². The summed E-state index contributed by atoms with van der Waals surface area (Å²) in [6.07, 6.45) is 0.640. The zero-order valence-electron chi connectivity index (χ0n) is 16.4. The van der Waals surface area contributed by atoms with Gasteiger partial charge in [0.25, 0.3) is 5.91 Å². The Balaban J connectivity index is 1.64. The van der Waals surface area contributed by atoms with Crippen molar-refractivity contribution in [3.05, 3.63) is 53.8 Å². The molecule has 1 amide bonds. The normalized spacial score (nSPS) is 17.5. The van der Waals surface area contributed by atoms with E-state index in [0.29, 0.717) is 29.3 Å². The number of nitrogens with one attached hydrogen (secondary N) is 1. The molecular weight excluding hydrogens is 358 g/mol. The number of furan rings is 1. The number of methoxy groups -OCH3 is 2. The smallest absolute Gasteiger partial charge is 0.287 e. The van der Waals surface area contributed by atoms with Crippen LogP contribution in [0.4, 0.5) is 0 Å². The van der Waals surface area contributed by atoms with Gasteiger partial charge in [-0.3, -0.25) is 4.79 Å². The molecule has 1 atom stereocenters. The number of para-hydroxylation sites is 1. The third-order valence-corrected chi connectivity index (χ3v) is 4.94. The predicted octanol–water partition coefficient (Wildman–Crippen LogP) is 4.48. The lowest BCUT2D eigenvalue weighted by Gasteiger charge is -2.37. The fourth-order valence-electron chi connectivity index (χ4n) is 3.63. The summed E-state index contributed by atoms with van der Waals surface area (Å²) in [7, 11) is 3.19. The fourth-order valence-corrected chi connectivity index (χ4v) is 3.63. The number of benzene rings is 2. The van der Waals surface area contributed by atoms with Gasteiger partial charge in [0, 0.05) is 23.4 Å². The van der Waals surface area contributed by atoms with Crippen LogP contribution >= 0.6 is 0 Å². The Labute approximate surface area is 163 Å². The van der Waals surface area contributed by atoms with Gasteiger partial charge in [0.1, 0.15) is 17.1 Å². The molecule has 4 rings (SSSR count). The minimum atomic E-state index is -0.422. The topological polar surface area (TPSA) is 69.9 Å². The van der Waals surface area contributed by atoms with E-state index >= 15 is 0 Å². The van der Waals surface area contributed by atoms with E-state index in [2.05, 4.69) is 5.32 Å². The van der Waals surface area contributed by atoms with Gasteiger partial charge in [-0.1, -0.05) is 12.1 Å². The van der Waals surface area contributed by atoms with E-state index in [9.17, 15) is 4.79 Å². The van der Waals surface area contributed by atoms with Crippen LogP contribution in [0.3, 0.4) is 0 Å². The molecule has 0 saturated heterocycles. The van der Waals surface area contributed by atoms with Crippen molar-refractivity contribution in [2.75, 3.05) is 14.2 Å². The monoisotopic (exact) mass is 381 g/mol. The van der Waals surface area contributed by atoms with Crippen LogP contribution < -0.4 is 19.5 Å². The molecule has 6 nitrogen and oxygen atoms in total. The van der Waals surface area contributed by atoms with Crippen LogP contribution in [0, 0.1) is 0 Å². The molecule has 146 valence electrons. The Hall–Kier alpha value is -3.15. The number of fused-ring (bicyclic) bond motifs is 2. The van der Waals surface area contributed by atoms with Crippen LogP contribution in [0.15, 0.2) is 46.9 Å². The average Bonchev–Trinajstić information content (AvgIpc) is 3.11. The van der Waals surface area contributed by atoms with Gasteiger partial charge in [0.05, 0.1) is 20.3 Å². The molecule has 6 heteroatoms. The highest BCUT2D eigenvalue weighted by Gasteiger charge is 2.35. The predicted molar refractivity (Wildman–Crippen MR) is 105 cm³/mol. The first-order chi connectivity index (χ1) is 13.4. The van der Waals surface area contributed by atoms with Gasteiger partial charge in [0.2, 0.25) is 0 Å². The lowest BCUT2D eigenvalue weighted by molar-refractivity contribution is 0.0609. The van der Waals surface area contributed by atoms with Crippen molar-refractivity contribution in [1.82, 2.24) is 5.32 Å². The minimum Gasteiger partial charge on any atom is -0.497 e. The summed E-state index contributed by atoms with van der Waals surface area (Å²) in [5, 5.41) is 3.91. The van der Waals surface area contributed by atoms with Crippen LogP contribution in [-0.4, -0.2) is 25.7 Å². The van der Waals surface area contributed by atoms with Crippen molar-refractivity contribution in [2.45, 2.75) is 31.9 Å². The van der Waals surface area contributed by atoms with Crippen molar-refractivity contribution in [1.29, 1.82) is 0 Å². The van der Waals surface area contributed by atoms with Crippen molar-refractivity contribution < 1.29 is 23.4 Å². The van der Waals surface area contributed by atoms with Crippen LogP contribution in [0.2, 0.25) is 0 Å². The zero-order chi connectivity index (χ0) is 19.9. The number of rotatable bonds is 4. The molecule has 0 aliphatic carbocycles. The SMILES string of the molecule is COc1ccc2c(c1)OC(C)(C)C[C@H]2NC(=O)c1cc2cccc(OC)c2o1. The summed E-state index contributed by atoms with van der Waals surface area (Å²) in [5.41, 5.74) is 1.06. The second-order valence-electron chi connectivity index (χ2n) is 7.48. The standard InChI is InChI=1S/C22H23NO5/c1-22(2)12-16(15-9-8-14(25-3)11-18(15)28-22)23-21(24)19-10-13-6-5-7-17(26-4)20(13)27-19/h5-11,16H,12H2,1-4H3,(H,23,24)/t16-/m1/s1. The Morgan fingerprint density at radius 3 is 2.71 bits per heavy atom. The summed E-state index contributed by atoms with van der Waals surface area (Å²) in [4.78, 5) is 12.9. The Kier molecular flexibility index (Phi) is 4.41. The van der Waals surface area contributed by atoms with E-state index in [1.807, 2.05) is 44.2 Å². The Bertz CT molecular complexity index is 1040. The van der Waals surface area contributed by atoms with E-state index in [1.54, 1.807) is 26.4 Å². The number of ether oxygens (including phenoxy) is 3. The van der Waals surface area contributed by atoms with Gasteiger partial charge < -0.3 is 23.9 Å². The molecule has 0 unspecified atom stereocenters. The number of hydrogen-bond donors (Lipinski definition) is 1. The first kappa shape index (κ1) is 18.2. The lowest BCUT2D eigenvalue weighted by Crippen LogP contribution is -2.41. The number of amides is 1. The summed E-state index contributed by atoms with van der Waals surface area (Å²) in [6, 6.07) is 12.7. The Morgan fingerprint density at radius 2 is 1.96 bits per heavy atom. The second kappa shape index (κ2) is 6.78. The van der Waals surface area contributed by atoms with E-state index < -0.39 is 5.60 Å². The maximum absolute atomic E-state index is 12.9. The number of carbonyl (C=O) groups is 1. The molecule has 3 aromatic rings. The number of carbonyl (C=O) groups excluding carboxylic acids is 1. The molecule has 0 fully saturated rings. The van der Waals surface area contributed by atoms with Gasteiger partial charge in [-0.25, -0.2) is 0 Å². The molecule has 1 aromatic heterocycles. The molecule has 2 aromatic carbocycles. The molecule has 1 aliphatic rings. The average molecular weight is 381 g/mol. The van der Waals surface area contributed by atoms with Crippen molar-refractivity contribution >= 4 is 16.9 Å². The highest BCUT2D eigenvalue weighted by atomic mass is 16.5. The number of hydrogen-bond acceptors (Lipinski definition) is 5. The van der Waals surface area contributed by atoms with Crippen molar-refractivity contribution in [3.8, 4) is 17.2 Å². The third kappa shape index (κ3) is 3.26. The molecule has 2 heterocycles. The first-order valence-corrected chi connectivity index (χ1v) is 9.14. The molecular formula is C22H23NO5. The highest BCUT2D eigenvalue weighted by molar-refractivity contribution is 5.97. The third-order valence-electron chi connectivity index (χ3n) is 4.94. The second-order valence-corrected chi connectivity index (χ2v) is 7.48. The van der Waals surface area contributed by atoms with Gasteiger partial charge in [-0.2, -0.15) is 0 Å². The molecule has 0 bridgehead atoms. The fraction of sp³-hybridized carbons (Fsp3) is 0.318. The van der Waals surface area contributed by atoms with Gasteiger partial charge in [-0.15, -0.1) is 0 Å². The van der Waals surface area contributed by atoms with Crippen molar-refractivity contribution in [3.63, 3.8) is 0 Å². The van der Waals surface area contributed by atoms with E-state index in [1.165, 1.54) is 0 Å². The summed E-state index contributed by atoms with van der Waals surface area (Å²) < 4.78 is 22.5. The molecule has 28 heavy (non-hydrogen) atoms. The molecule has 0 radical (unpaired) electrons. The maximum Gasteiger partial charge on any atom is 0.287 e. The quantitative estimate of drug-likeness (QED) is 0.721. The van der Waals surface area contributed by atoms with Gasteiger partial charge in [0.15, 0.2) is 17.1 Å². The van der Waals surface area contributed by atoms with E-state index in [4.69, 9.17) is 18.6 Å². The highest BCUT2D eigenvalue weighted by Crippen LogP contribution is 2.41. The molecule has 1 N–H and O–H groups in total. The lowest BCUT2D eigenvalue weighted by atomic mass is 9.89. The summed E-state index contributed by atoms with van der Waals surface area (Å²) in [5.74, 6) is 2.00. The largest absolute Gasteiger partial charge is 0.497 e. The van der Waals surface area contributed by atoms with Crippen LogP contribution in [0.1, 0.15) is 42.4 Å². The van der Waals surface area contributed by atoms with Crippen LogP contribution in [0.25, 0.3) is 11.0 Å². The zero-order valence-corrected chi connectivity index (χ0v) is 16.4. The molecule has 0 saturated carbocycles. The first-order valence-electron chi connectivity index (χ1n) is 9.14. The molecule has 0 spiro atoms. The molecule has 1 aliphatic heterocycles. The maximum atomic E-state index is 12.9. The van der Waals surface area contributed by atoms with Crippen LogP contribution in [-0.2, 0) is 0 Å². The summed E-state index contributed by atoms with van der Waals surface area (Å²) in [6.45, 7) is 4.00. The van der Waals surface area contributed by atoms with Gasteiger partial charge >= 0.3 is 0 Å². The van der Waals surface area contributed by atoms with Crippen molar-refractivity contribution in [2.24, 2.45) is 0 Å². The van der Waals surface area contributed by atoms with E-state index in [0.717, 1.165) is 10.9 Å².